The van der Waals surface area contributed by atoms with Gasteiger partial charge in [-0.1, -0.05) is 6.07 Å². The minimum absolute atomic E-state index is 0.124. The highest BCUT2D eigenvalue weighted by molar-refractivity contribution is 7.89. The Labute approximate surface area is 170 Å². The minimum Gasteiger partial charge on any atom is -0.365 e. The lowest BCUT2D eigenvalue weighted by Gasteiger charge is -2.31. The summed E-state index contributed by atoms with van der Waals surface area (Å²) in [6.45, 7) is 1.13. The van der Waals surface area contributed by atoms with Crippen molar-refractivity contribution in [1.29, 1.82) is 0 Å². The summed E-state index contributed by atoms with van der Waals surface area (Å²) in [5, 5.41) is 8.53. The van der Waals surface area contributed by atoms with Crippen LogP contribution in [0.4, 0.5) is 10.5 Å². The van der Waals surface area contributed by atoms with E-state index in [4.69, 9.17) is 4.74 Å². The number of urea groups is 1. The second-order valence-corrected chi connectivity index (χ2v) is 8.39. The average Bonchev–Trinajstić information content (AvgIpc) is 2.73. The second-order valence-electron chi connectivity index (χ2n) is 6.67. The van der Waals surface area contributed by atoms with Gasteiger partial charge in [-0.3, -0.25) is 10.3 Å². The maximum absolute atomic E-state index is 12.7. The standard InChI is InChI=1S/C19H25N5O4S/c1-28-18-17(5-3-11-21-18)24-29(26,27)16-8-6-15(7-9-16)23-19(25)22-13-14-4-2-10-20-12-14/h2,4,6-10,12,17-18,21,24H,3,5,11,13H2,1H3,(H2,22,23,25). The van der Waals surface area contributed by atoms with Crippen molar-refractivity contribution in [3.05, 3.63) is 54.4 Å². The van der Waals surface area contributed by atoms with E-state index in [9.17, 15) is 13.2 Å². The van der Waals surface area contributed by atoms with E-state index in [1.807, 2.05) is 6.07 Å². The van der Waals surface area contributed by atoms with E-state index < -0.39 is 10.0 Å². The summed E-state index contributed by atoms with van der Waals surface area (Å²) in [6.07, 6.45) is 4.53. The van der Waals surface area contributed by atoms with Crippen molar-refractivity contribution in [2.75, 3.05) is 19.0 Å². The Bertz CT molecular complexity index is 906. The topological polar surface area (TPSA) is 121 Å². The molecule has 1 aromatic heterocycles. The summed E-state index contributed by atoms with van der Waals surface area (Å²) in [4.78, 5) is 16.1. The number of ether oxygens (including phenoxy) is 1. The first-order chi connectivity index (χ1) is 14.0. The molecular formula is C19H25N5O4S. The van der Waals surface area contributed by atoms with Gasteiger partial charge in [-0.2, -0.15) is 0 Å². The second kappa shape index (κ2) is 9.79. The molecule has 2 unspecified atom stereocenters. The Kier molecular flexibility index (Phi) is 7.15. The summed E-state index contributed by atoms with van der Waals surface area (Å²) in [6, 6.07) is 8.93. The van der Waals surface area contributed by atoms with Crippen LogP contribution in [-0.4, -0.2) is 45.4 Å². The van der Waals surface area contributed by atoms with Gasteiger partial charge in [0, 0.05) is 31.7 Å². The predicted molar refractivity (Wildman–Crippen MR) is 109 cm³/mol. The van der Waals surface area contributed by atoms with Crippen molar-refractivity contribution in [3.63, 3.8) is 0 Å². The summed E-state index contributed by atoms with van der Waals surface area (Å²) in [7, 11) is -2.15. The van der Waals surface area contributed by atoms with Gasteiger partial charge in [0.15, 0.2) is 0 Å². The number of hydrogen-bond acceptors (Lipinski definition) is 6. The number of pyridine rings is 1. The lowest BCUT2D eigenvalue weighted by Crippen LogP contribution is -2.54. The molecule has 1 aromatic carbocycles. The third-order valence-electron chi connectivity index (χ3n) is 4.56. The number of carbonyl (C=O) groups excluding carboxylic acids is 1. The Hall–Kier alpha value is -2.53. The van der Waals surface area contributed by atoms with Gasteiger partial charge in [0.25, 0.3) is 0 Å². The monoisotopic (exact) mass is 419 g/mol. The molecule has 0 spiro atoms. The maximum atomic E-state index is 12.7. The number of carbonyl (C=O) groups is 1. The van der Waals surface area contributed by atoms with Gasteiger partial charge in [-0.25, -0.2) is 17.9 Å². The van der Waals surface area contributed by atoms with Crippen molar-refractivity contribution in [2.45, 2.75) is 36.6 Å². The predicted octanol–water partition coefficient (Wildman–Crippen LogP) is 1.41. The zero-order valence-corrected chi connectivity index (χ0v) is 16.9. The molecule has 4 N–H and O–H groups in total. The summed E-state index contributed by atoms with van der Waals surface area (Å²) in [5.41, 5.74) is 1.36. The number of anilines is 1. The van der Waals surface area contributed by atoms with Gasteiger partial charge in [-0.15, -0.1) is 0 Å². The summed E-state index contributed by atoms with van der Waals surface area (Å²) in [5.74, 6) is 0. The normalized spacial score (nSPS) is 19.5. The molecule has 2 amide bonds. The number of rotatable bonds is 7. The molecule has 0 saturated carbocycles. The van der Waals surface area contributed by atoms with Crippen LogP contribution in [0.1, 0.15) is 18.4 Å². The number of methoxy groups -OCH3 is 1. The van der Waals surface area contributed by atoms with E-state index in [1.165, 1.54) is 12.1 Å². The first kappa shape index (κ1) is 21.2. The van der Waals surface area contributed by atoms with E-state index in [2.05, 4.69) is 25.7 Å². The molecule has 3 rings (SSSR count). The quantitative estimate of drug-likeness (QED) is 0.538. The zero-order valence-electron chi connectivity index (χ0n) is 16.1. The first-order valence-corrected chi connectivity index (χ1v) is 10.8. The molecule has 0 radical (unpaired) electrons. The fraction of sp³-hybridized carbons (Fsp3) is 0.368. The molecule has 29 heavy (non-hydrogen) atoms. The smallest absolute Gasteiger partial charge is 0.319 e. The molecule has 1 saturated heterocycles. The van der Waals surface area contributed by atoms with Gasteiger partial charge >= 0.3 is 6.03 Å². The van der Waals surface area contributed by atoms with Crippen molar-refractivity contribution in [2.24, 2.45) is 0 Å². The Morgan fingerprint density at radius 2 is 2.07 bits per heavy atom. The van der Waals surface area contributed by atoms with Crippen LogP contribution in [0, 0.1) is 0 Å². The van der Waals surface area contributed by atoms with E-state index in [-0.39, 0.29) is 23.2 Å². The Morgan fingerprint density at radius 1 is 1.28 bits per heavy atom. The molecule has 1 aliphatic heterocycles. The zero-order chi connectivity index (χ0) is 20.7. The SMILES string of the molecule is COC1NCCCC1NS(=O)(=O)c1ccc(NC(=O)NCc2cccnc2)cc1. The van der Waals surface area contributed by atoms with Crippen LogP contribution in [-0.2, 0) is 21.3 Å². The summed E-state index contributed by atoms with van der Waals surface area (Å²) >= 11 is 0. The van der Waals surface area contributed by atoms with Crippen LogP contribution in [0.25, 0.3) is 0 Å². The van der Waals surface area contributed by atoms with Gasteiger partial charge in [0.05, 0.1) is 10.9 Å². The van der Waals surface area contributed by atoms with E-state index in [0.29, 0.717) is 18.7 Å². The van der Waals surface area contributed by atoms with Gasteiger partial charge in [0.2, 0.25) is 10.0 Å². The molecule has 156 valence electrons. The molecule has 2 aromatic rings. The highest BCUT2D eigenvalue weighted by Gasteiger charge is 2.29. The Morgan fingerprint density at radius 3 is 2.76 bits per heavy atom. The van der Waals surface area contributed by atoms with Crippen molar-refractivity contribution in [3.8, 4) is 0 Å². The highest BCUT2D eigenvalue weighted by atomic mass is 32.2. The van der Waals surface area contributed by atoms with Crippen LogP contribution < -0.4 is 20.7 Å². The number of hydrogen-bond donors (Lipinski definition) is 4. The molecule has 0 bridgehead atoms. The van der Waals surface area contributed by atoms with Crippen LogP contribution in [0.15, 0.2) is 53.7 Å². The van der Waals surface area contributed by atoms with Crippen LogP contribution in [0.3, 0.4) is 0 Å². The maximum Gasteiger partial charge on any atom is 0.319 e. The molecular weight excluding hydrogens is 394 g/mol. The fourth-order valence-electron chi connectivity index (χ4n) is 3.07. The van der Waals surface area contributed by atoms with Gasteiger partial charge < -0.3 is 15.4 Å². The third-order valence-corrected chi connectivity index (χ3v) is 6.07. The molecule has 1 fully saturated rings. The lowest BCUT2D eigenvalue weighted by molar-refractivity contribution is 0.0313. The highest BCUT2D eigenvalue weighted by Crippen LogP contribution is 2.17. The number of benzene rings is 1. The minimum atomic E-state index is -3.70. The number of piperidine rings is 1. The lowest BCUT2D eigenvalue weighted by atomic mass is 10.1. The summed E-state index contributed by atoms with van der Waals surface area (Å²) < 4.78 is 33.3. The number of sulfonamides is 1. The largest absolute Gasteiger partial charge is 0.365 e. The van der Waals surface area contributed by atoms with E-state index in [0.717, 1.165) is 18.5 Å². The van der Waals surface area contributed by atoms with Crippen LogP contribution in [0.2, 0.25) is 0 Å². The van der Waals surface area contributed by atoms with E-state index >= 15 is 0 Å². The fourth-order valence-corrected chi connectivity index (χ4v) is 4.34. The van der Waals surface area contributed by atoms with Gasteiger partial charge in [-0.05, 0) is 55.3 Å². The molecule has 0 aliphatic carbocycles. The first-order valence-electron chi connectivity index (χ1n) is 9.30. The Balaban J connectivity index is 1.56. The average molecular weight is 420 g/mol. The molecule has 9 nitrogen and oxygen atoms in total. The van der Waals surface area contributed by atoms with Gasteiger partial charge in [0.1, 0.15) is 6.23 Å². The van der Waals surface area contributed by atoms with Crippen LogP contribution >= 0.6 is 0 Å². The van der Waals surface area contributed by atoms with Crippen molar-refractivity contribution >= 4 is 21.7 Å². The number of amides is 2. The number of nitrogens with zero attached hydrogens (tertiary/aromatic N) is 1. The van der Waals surface area contributed by atoms with Crippen LogP contribution in [0.5, 0.6) is 0 Å². The van der Waals surface area contributed by atoms with Crippen molar-refractivity contribution < 1.29 is 17.9 Å². The van der Waals surface area contributed by atoms with E-state index in [1.54, 1.807) is 37.7 Å². The van der Waals surface area contributed by atoms with Crippen molar-refractivity contribution in [1.82, 2.24) is 20.3 Å². The number of aromatic nitrogens is 1. The molecule has 1 aliphatic rings. The third kappa shape index (κ3) is 5.97. The molecule has 10 heteroatoms. The molecule has 2 heterocycles. The molecule has 2 atom stereocenters. The number of nitrogens with one attached hydrogen (secondary N) is 4.